The predicted molar refractivity (Wildman–Crippen MR) is 50.7 cm³/mol. The molecule has 0 amide bonds. The summed E-state index contributed by atoms with van der Waals surface area (Å²) in [6.07, 6.45) is 4.11. The van der Waals surface area contributed by atoms with Gasteiger partial charge in [-0.2, -0.15) is 4.99 Å². The molecule has 1 atom stereocenters. The van der Waals surface area contributed by atoms with E-state index in [1.54, 1.807) is 0 Å². The van der Waals surface area contributed by atoms with Gasteiger partial charge in [-0.1, -0.05) is 0 Å². The summed E-state index contributed by atoms with van der Waals surface area (Å²) >= 11 is 4.84. The lowest BCUT2D eigenvalue weighted by atomic mass is 10.1. The van der Waals surface area contributed by atoms with Crippen LogP contribution >= 0.6 is 11.9 Å². The van der Waals surface area contributed by atoms with Crippen LogP contribution in [0.2, 0.25) is 0 Å². The van der Waals surface area contributed by atoms with Gasteiger partial charge in [0.05, 0.1) is 6.54 Å². The summed E-state index contributed by atoms with van der Waals surface area (Å²) in [5.74, 6) is -0.793. The molecule has 1 unspecified atom stereocenters. The number of hydrogen-bond donors (Lipinski definition) is 0. The largest absolute Gasteiger partial charge is 0.350 e. The van der Waals surface area contributed by atoms with Crippen molar-refractivity contribution in [1.29, 1.82) is 0 Å². The average molecular weight is 233 g/mol. The maximum Gasteiger partial charge on any atom is 0.350 e. The molecule has 0 aromatic heterocycles. The summed E-state index contributed by atoms with van der Waals surface area (Å²) in [6.45, 7) is 0.330. The molecule has 0 spiro atoms. The van der Waals surface area contributed by atoms with Crippen molar-refractivity contribution in [1.82, 2.24) is 0 Å². The fraction of sp³-hybridized carbons (Fsp3) is 0.625. The Kier molecular flexibility index (Phi) is 8.19. The number of halogens is 1. The molecule has 15 heavy (non-hydrogen) atoms. The van der Waals surface area contributed by atoms with Crippen LogP contribution in [0.15, 0.2) is 9.98 Å². The highest BCUT2D eigenvalue weighted by Gasteiger charge is 2.18. The first-order valence-electron chi connectivity index (χ1n) is 4.19. The van der Waals surface area contributed by atoms with E-state index in [0.717, 1.165) is 0 Å². The minimum Gasteiger partial charge on any atom is -0.345 e. The van der Waals surface area contributed by atoms with Crippen LogP contribution in [0.25, 0.3) is 0 Å². The van der Waals surface area contributed by atoms with Crippen LogP contribution in [-0.4, -0.2) is 30.7 Å². The third-order valence-electron chi connectivity index (χ3n) is 1.62. The Hall–Kier alpha value is -1.48. The second-order valence-corrected chi connectivity index (χ2v) is 2.76. The molecule has 0 heterocycles. The highest BCUT2D eigenvalue weighted by atomic mass is 35.5. The van der Waals surface area contributed by atoms with Gasteiger partial charge in [-0.15, -0.1) is 0 Å². The van der Waals surface area contributed by atoms with Crippen LogP contribution in [0.1, 0.15) is 19.3 Å². The summed E-state index contributed by atoms with van der Waals surface area (Å²) in [4.78, 5) is 37.1. The molecule has 0 N–H and O–H groups in total. The molecule has 0 fully saturated rings. The first-order valence-corrected chi connectivity index (χ1v) is 4.50. The molecule has 6 nitrogen and oxygen atoms in total. The van der Waals surface area contributed by atoms with Gasteiger partial charge in [0.25, 0.3) is 0 Å². The molecule has 0 aliphatic heterocycles. The normalized spacial score (nSPS) is 10.7. The predicted octanol–water partition coefficient (Wildman–Crippen LogP) is 0.894. The van der Waals surface area contributed by atoms with Crippen LogP contribution in [-0.2, 0) is 18.7 Å². The van der Waals surface area contributed by atoms with E-state index >= 15 is 0 Å². The first-order chi connectivity index (χ1) is 7.26. The van der Waals surface area contributed by atoms with Gasteiger partial charge in [0.2, 0.25) is 12.2 Å². The topological polar surface area (TPSA) is 85.2 Å². The summed E-state index contributed by atoms with van der Waals surface area (Å²) in [5, 5.41) is 0. The van der Waals surface area contributed by atoms with E-state index in [4.69, 9.17) is 11.9 Å². The second-order valence-electron chi connectivity index (χ2n) is 2.60. The lowest BCUT2D eigenvalue weighted by Gasteiger charge is -2.04. The molecule has 0 radical (unpaired) electrons. The van der Waals surface area contributed by atoms with Crippen molar-refractivity contribution in [3.63, 3.8) is 0 Å². The molecule has 0 saturated carbocycles. The van der Waals surface area contributed by atoms with E-state index in [0.29, 0.717) is 25.8 Å². The second kappa shape index (κ2) is 9.09. The minimum absolute atomic E-state index is 0.301. The lowest BCUT2D eigenvalue weighted by molar-refractivity contribution is -0.135. The highest BCUT2D eigenvalue weighted by molar-refractivity contribution is 6.13. The molecule has 0 aliphatic carbocycles. The standard InChI is InChI=1S/C8H9ClN2O4/c9-15-8(14)7(11-6-13)3-1-2-4-10-5-12/h7H,1-4H2. The Morgan fingerprint density at radius 2 is 2.07 bits per heavy atom. The van der Waals surface area contributed by atoms with Gasteiger partial charge in [-0.05, 0) is 19.3 Å². The van der Waals surface area contributed by atoms with Gasteiger partial charge in [-0.25, -0.2) is 19.4 Å². The van der Waals surface area contributed by atoms with Gasteiger partial charge >= 0.3 is 5.97 Å². The van der Waals surface area contributed by atoms with Gasteiger partial charge in [0, 0.05) is 0 Å². The van der Waals surface area contributed by atoms with Gasteiger partial charge in [0.1, 0.15) is 11.9 Å². The van der Waals surface area contributed by atoms with Crippen LogP contribution in [0, 0.1) is 0 Å². The molecular weight excluding hydrogens is 224 g/mol. The average Bonchev–Trinajstić information content (AvgIpc) is 2.26. The molecule has 0 bridgehead atoms. The third-order valence-corrected chi connectivity index (χ3v) is 1.77. The van der Waals surface area contributed by atoms with E-state index in [1.807, 2.05) is 0 Å². The van der Waals surface area contributed by atoms with E-state index in [2.05, 4.69) is 14.3 Å². The Morgan fingerprint density at radius 3 is 2.60 bits per heavy atom. The number of nitrogens with zero attached hydrogens (tertiary/aromatic N) is 2. The molecule has 0 aromatic carbocycles. The molecule has 7 heteroatoms. The molecule has 0 rings (SSSR count). The first kappa shape index (κ1) is 13.5. The zero-order valence-electron chi connectivity index (χ0n) is 7.81. The van der Waals surface area contributed by atoms with Gasteiger partial charge in [-0.3, -0.25) is 0 Å². The SMILES string of the molecule is O=C=NCCCCC(N=C=O)C(=O)OCl. The zero-order valence-corrected chi connectivity index (χ0v) is 8.57. The minimum atomic E-state index is -0.930. The van der Waals surface area contributed by atoms with Crippen molar-refractivity contribution in [3.8, 4) is 0 Å². The smallest absolute Gasteiger partial charge is 0.345 e. The maximum atomic E-state index is 10.9. The maximum absolute atomic E-state index is 10.9. The molecule has 0 saturated heterocycles. The number of rotatable bonds is 7. The van der Waals surface area contributed by atoms with Crippen molar-refractivity contribution in [2.45, 2.75) is 25.3 Å². The van der Waals surface area contributed by atoms with E-state index < -0.39 is 12.0 Å². The van der Waals surface area contributed by atoms with E-state index in [1.165, 1.54) is 12.2 Å². The Bertz CT molecular complexity index is 295. The van der Waals surface area contributed by atoms with Crippen molar-refractivity contribution in [2.75, 3.05) is 6.54 Å². The lowest BCUT2D eigenvalue weighted by Crippen LogP contribution is -2.18. The van der Waals surface area contributed by atoms with Crippen LogP contribution in [0.3, 0.4) is 0 Å². The Balaban J connectivity index is 3.91. The van der Waals surface area contributed by atoms with Crippen molar-refractivity contribution >= 4 is 30.0 Å². The number of hydrogen-bond acceptors (Lipinski definition) is 6. The summed E-state index contributed by atoms with van der Waals surface area (Å²) in [7, 11) is 0. The Morgan fingerprint density at radius 1 is 1.33 bits per heavy atom. The number of carbonyl (C=O) groups is 1. The quantitative estimate of drug-likeness (QED) is 0.371. The van der Waals surface area contributed by atoms with E-state index in [-0.39, 0.29) is 0 Å². The van der Waals surface area contributed by atoms with E-state index in [9.17, 15) is 14.4 Å². The summed E-state index contributed by atoms with van der Waals surface area (Å²) in [5.41, 5.74) is 0. The van der Waals surface area contributed by atoms with Crippen molar-refractivity contribution < 1.29 is 18.7 Å². The third kappa shape index (κ3) is 6.57. The summed E-state index contributed by atoms with van der Waals surface area (Å²) < 4.78 is 3.92. The fourth-order valence-corrected chi connectivity index (χ4v) is 1.03. The Labute approximate surface area is 91.2 Å². The molecular formula is C8H9ClN2O4. The van der Waals surface area contributed by atoms with Crippen LogP contribution in [0.5, 0.6) is 0 Å². The highest BCUT2D eigenvalue weighted by Crippen LogP contribution is 2.07. The summed E-state index contributed by atoms with van der Waals surface area (Å²) in [6, 6.07) is -0.930. The fourth-order valence-electron chi connectivity index (χ4n) is 0.924. The van der Waals surface area contributed by atoms with Gasteiger partial charge < -0.3 is 4.29 Å². The number of carbonyl (C=O) groups excluding carboxylic acids is 3. The zero-order chi connectivity index (χ0) is 11.5. The molecule has 82 valence electrons. The molecule has 0 aliphatic rings. The number of aliphatic imine (C=N–C) groups is 2. The van der Waals surface area contributed by atoms with Gasteiger partial charge in [0.15, 0.2) is 6.04 Å². The number of unbranched alkanes of at least 4 members (excludes halogenated alkanes) is 1. The van der Waals surface area contributed by atoms with Crippen molar-refractivity contribution in [3.05, 3.63) is 0 Å². The molecule has 0 aromatic rings. The van der Waals surface area contributed by atoms with Crippen LogP contribution < -0.4 is 0 Å². The van der Waals surface area contributed by atoms with Crippen molar-refractivity contribution in [2.24, 2.45) is 9.98 Å². The number of isocyanates is 2. The van der Waals surface area contributed by atoms with Crippen LogP contribution in [0.4, 0.5) is 0 Å². The monoisotopic (exact) mass is 232 g/mol.